The molecule has 0 aliphatic carbocycles. The second-order valence-electron chi connectivity index (χ2n) is 2.81. The molecule has 4 heteroatoms. The van der Waals surface area contributed by atoms with E-state index in [1.54, 1.807) is 25.4 Å². The van der Waals surface area contributed by atoms with Crippen LogP contribution in [-0.4, -0.2) is 12.1 Å². The number of nitrogens with zero attached hydrogens (tertiary/aromatic N) is 1. The first kappa shape index (κ1) is 9.56. The molecule has 0 N–H and O–H groups in total. The lowest BCUT2D eigenvalue weighted by atomic mass is 10.2. The van der Waals surface area contributed by atoms with Crippen LogP contribution in [0.2, 0.25) is 10.2 Å². The first-order valence-corrected chi connectivity index (χ1v) is 4.75. The molecule has 0 spiro atoms. The monoisotopic (exact) mass is 227 g/mol. The van der Waals surface area contributed by atoms with Gasteiger partial charge in [-0.2, -0.15) is 0 Å². The van der Waals surface area contributed by atoms with Crippen molar-refractivity contribution >= 4 is 34.0 Å². The number of benzene rings is 1. The zero-order chi connectivity index (χ0) is 10.1. The van der Waals surface area contributed by atoms with Gasteiger partial charge in [-0.25, -0.2) is 4.98 Å². The molecule has 0 saturated heterocycles. The molecule has 0 saturated carbocycles. The number of fused-ring (bicyclic) bond motifs is 1. The minimum Gasteiger partial charge on any atom is -0.494 e. The van der Waals surface area contributed by atoms with E-state index in [2.05, 4.69) is 4.98 Å². The number of ether oxygens (including phenoxy) is 1. The molecule has 1 aromatic carbocycles. The van der Waals surface area contributed by atoms with E-state index >= 15 is 0 Å². The van der Waals surface area contributed by atoms with E-state index in [9.17, 15) is 0 Å². The van der Waals surface area contributed by atoms with Crippen LogP contribution in [0.5, 0.6) is 5.75 Å². The Morgan fingerprint density at radius 2 is 2.00 bits per heavy atom. The van der Waals surface area contributed by atoms with E-state index in [0.717, 1.165) is 10.8 Å². The normalized spacial score (nSPS) is 10.5. The molecule has 0 amide bonds. The highest BCUT2D eigenvalue weighted by Gasteiger charge is 2.06. The van der Waals surface area contributed by atoms with Crippen LogP contribution in [0.15, 0.2) is 24.4 Å². The number of pyridine rings is 1. The van der Waals surface area contributed by atoms with Crippen LogP contribution >= 0.6 is 23.2 Å². The van der Waals surface area contributed by atoms with Gasteiger partial charge in [0.25, 0.3) is 0 Å². The van der Waals surface area contributed by atoms with Crippen molar-refractivity contribution in [3.05, 3.63) is 34.6 Å². The Bertz CT molecular complexity index is 485. The van der Waals surface area contributed by atoms with Crippen molar-refractivity contribution < 1.29 is 4.74 Å². The second kappa shape index (κ2) is 3.64. The number of methoxy groups -OCH3 is 1. The highest BCUT2D eigenvalue weighted by atomic mass is 35.5. The molecule has 2 nitrogen and oxygen atoms in total. The molecule has 14 heavy (non-hydrogen) atoms. The largest absolute Gasteiger partial charge is 0.494 e. The molecular weight excluding hydrogens is 221 g/mol. The van der Waals surface area contributed by atoms with Crippen LogP contribution in [0.3, 0.4) is 0 Å². The second-order valence-corrected chi connectivity index (χ2v) is 3.60. The summed E-state index contributed by atoms with van der Waals surface area (Å²) in [6, 6.07) is 5.43. The van der Waals surface area contributed by atoms with Gasteiger partial charge in [0.2, 0.25) is 0 Å². The third-order valence-corrected chi connectivity index (χ3v) is 2.52. The van der Waals surface area contributed by atoms with E-state index in [1.165, 1.54) is 0 Å². The predicted molar refractivity (Wildman–Crippen MR) is 58.3 cm³/mol. The summed E-state index contributed by atoms with van der Waals surface area (Å²) in [6.45, 7) is 0. The Kier molecular flexibility index (Phi) is 2.48. The van der Waals surface area contributed by atoms with Crippen LogP contribution < -0.4 is 4.74 Å². The fourth-order valence-electron chi connectivity index (χ4n) is 1.32. The highest BCUT2D eigenvalue weighted by Crippen LogP contribution is 2.31. The Balaban J connectivity index is 2.84. The quantitative estimate of drug-likeness (QED) is 0.696. The minimum absolute atomic E-state index is 0.434. The topological polar surface area (TPSA) is 22.1 Å². The summed E-state index contributed by atoms with van der Waals surface area (Å²) in [6.07, 6.45) is 1.60. The van der Waals surface area contributed by atoms with Crippen molar-refractivity contribution in [2.75, 3.05) is 7.11 Å². The van der Waals surface area contributed by atoms with Gasteiger partial charge in [0, 0.05) is 15.8 Å². The van der Waals surface area contributed by atoms with Crippen molar-refractivity contribution in [3.63, 3.8) is 0 Å². The maximum atomic E-state index is 5.93. The van der Waals surface area contributed by atoms with Gasteiger partial charge in [0.1, 0.15) is 10.9 Å². The van der Waals surface area contributed by atoms with Crippen LogP contribution in [0.25, 0.3) is 10.8 Å². The van der Waals surface area contributed by atoms with Crippen molar-refractivity contribution in [1.29, 1.82) is 0 Å². The van der Waals surface area contributed by atoms with Crippen molar-refractivity contribution in [2.24, 2.45) is 0 Å². The van der Waals surface area contributed by atoms with Gasteiger partial charge in [-0.3, -0.25) is 0 Å². The number of hydrogen-bond acceptors (Lipinski definition) is 2. The lowest BCUT2D eigenvalue weighted by molar-refractivity contribution is 0.418. The SMILES string of the molecule is COc1cnc(Cl)c2cc(Cl)ccc12. The summed E-state index contributed by atoms with van der Waals surface area (Å²) in [5, 5.41) is 2.79. The number of rotatable bonds is 1. The summed E-state index contributed by atoms with van der Waals surface area (Å²) in [5.74, 6) is 0.695. The molecule has 0 aliphatic heterocycles. The first-order chi connectivity index (χ1) is 6.72. The van der Waals surface area contributed by atoms with Gasteiger partial charge in [-0.05, 0) is 18.2 Å². The Labute approximate surface area is 91.4 Å². The molecule has 0 unspecified atom stereocenters. The molecule has 0 bridgehead atoms. The van der Waals surface area contributed by atoms with E-state index in [-0.39, 0.29) is 0 Å². The summed E-state index contributed by atoms with van der Waals surface area (Å²) >= 11 is 11.8. The average molecular weight is 228 g/mol. The highest BCUT2D eigenvalue weighted by molar-refractivity contribution is 6.36. The summed E-state index contributed by atoms with van der Waals surface area (Å²) < 4.78 is 5.16. The van der Waals surface area contributed by atoms with E-state index < -0.39 is 0 Å². The van der Waals surface area contributed by atoms with Gasteiger partial charge < -0.3 is 4.74 Å². The Hall–Kier alpha value is -0.990. The average Bonchev–Trinajstić information content (AvgIpc) is 2.19. The van der Waals surface area contributed by atoms with Crippen LogP contribution in [0.4, 0.5) is 0 Å². The fraction of sp³-hybridized carbons (Fsp3) is 0.100. The lowest BCUT2D eigenvalue weighted by Crippen LogP contribution is -1.87. The van der Waals surface area contributed by atoms with Gasteiger partial charge in [0.15, 0.2) is 0 Å². The Morgan fingerprint density at radius 3 is 2.71 bits per heavy atom. The predicted octanol–water partition coefficient (Wildman–Crippen LogP) is 3.55. The van der Waals surface area contributed by atoms with Gasteiger partial charge in [-0.15, -0.1) is 0 Å². The molecule has 2 aromatic rings. The molecular formula is C10H7Cl2NO. The summed E-state index contributed by atoms with van der Waals surface area (Å²) in [4.78, 5) is 4.00. The summed E-state index contributed by atoms with van der Waals surface area (Å²) in [5.41, 5.74) is 0. The van der Waals surface area contributed by atoms with Crippen LogP contribution in [0.1, 0.15) is 0 Å². The first-order valence-electron chi connectivity index (χ1n) is 4.00. The molecule has 1 heterocycles. The Morgan fingerprint density at radius 1 is 1.21 bits per heavy atom. The van der Waals surface area contributed by atoms with Gasteiger partial charge in [0.05, 0.1) is 13.3 Å². The number of halogens is 2. The molecule has 0 aliphatic rings. The molecule has 0 atom stereocenters. The van der Waals surface area contributed by atoms with Crippen molar-refractivity contribution in [3.8, 4) is 5.75 Å². The van der Waals surface area contributed by atoms with Crippen LogP contribution in [0, 0.1) is 0 Å². The van der Waals surface area contributed by atoms with E-state index in [0.29, 0.717) is 15.9 Å². The number of hydrogen-bond donors (Lipinski definition) is 0. The van der Waals surface area contributed by atoms with Crippen molar-refractivity contribution in [1.82, 2.24) is 4.98 Å². The molecule has 0 radical (unpaired) electrons. The molecule has 72 valence electrons. The van der Waals surface area contributed by atoms with E-state index in [4.69, 9.17) is 27.9 Å². The van der Waals surface area contributed by atoms with Gasteiger partial charge >= 0.3 is 0 Å². The number of aromatic nitrogens is 1. The molecule has 2 rings (SSSR count). The maximum Gasteiger partial charge on any atom is 0.145 e. The zero-order valence-corrected chi connectivity index (χ0v) is 8.93. The third kappa shape index (κ3) is 1.51. The zero-order valence-electron chi connectivity index (χ0n) is 7.42. The maximum absolute atomic E-state index is 5.93. The van der Waals surface area contributed by atoms with Crippen molar-refractivity contribution in [2.45, 2.75) is 0 Å². The fourth-order valence-corrected chi connectivity index (χ4v) is 1.70. The molecule has 0 fully saturated rings. The lowest BCUT2D eigenvalue weighted by Gasteiger charge is -2.05. The van der Waals surface area contributed by atoms with Crippen LogP contribution in [-0.2, 0) is 0 Å². The smallest absolute Gasteiger partial charge is 0.145 e. The minimum atomic E-state index is 0.434. The molecule has 1 aromatic heterocycles. The third-order valence-electron chi connectivity index (χ3n) is 1.98. The van der Waals surface area contributed by atoms with E-state index in [1.807, 2.05) is 6.07 Å². The standard InChI is InChI=1S/C10H7Cl2NO/c1-14-9-5-13-10(12)8-4-6(11)2-3-7(8)9/h2-5H,1H3. The summed E-state index contributed by atoms with van der Waals surface area (Å²) in [7, 11) is 1.60. The van der Waals surface area contributed by atoms with Gasteiger partial charge in [-0.1, -0.05) is 23.2 Å².